The number of hydrogen-bond donors (Lipinski definition) is 1. The van der Waals surface area contributed by atoms with Gasteiger partial charge in [0, 0.05) is 3.57 Å². The summed E-state index contributed by atoms with van der Waals surface area (Å²) in [5, 5.41) is 2.25. The molecular weight excluding hydrogens is 312 g/mol. The van der Waals surface area contributed by atoms with Crippen LogP contribution in [0, 0.1) is 10.5 Å². The van der Waals surface area contributed by atoms with E-state index in [0.717, 1.165) is 9.26 Å². The molecule has 1 N–H and O–H groups in total. The van der Waals surface area contributed by atoms with Crippen LogP contribution in [-0.2, 0) is 4.79 Å². The van der Waals surface area contributed by atoms with Gasteiger partial charge < -0.3 is 5.32 Å². The summed E-state index contributed by atoms with van der Waals surface area (Å²) in [6.45, 7) is 3.66. The van der Waals surface area contributed by atoms with Gasteiger partial charge >= 0.3 is 0 Å². The highest BCUT2D eigenvalue weighted by molar-refractivity contribution is 14.1. The zero-order valence-electron chi connectivity index (χ0n) is 7.97. The molecule has 0 radical (unpaired) electrons. The second-order valence-corrected chi connectivity index (χ2v) is 4.91. The van der Waals surface area contributed by atoms with Crippen LogP contribution in [0.2, 0.25) is 0 Å². The lowest BCUT2D eigenvalue weighted by Crippen LogP contribution is -2.20. The summed E-state index contributed by atoms with van der Waals surface area (Å²) in [5.74, 6) is -0.173. The number of alkyl halides is 1. The van der Waals surface area contributed by atoms with Crippen LogP contribution >= 0.6 is 34.2 Å². The number of benzene rings is 1. The van der Waals surface area contributed by atoms with Gasteiger partial charge in [-0.3, -0.25) is 4.79 Å². The lowest BCUT2D eigenvalue weighted by atomic mass is 10.2. The number of amides is 1. The van der Waals surface area contributed by atoms with Gasteiger partial charge in [0.05, 0.1) is 5.69 Å². The van der Waals surface area contributed by atoms with Crippen molar-refractivity contribution in [2.75, 3.05) is 5.32 Å². The van der Waals surface area contributed by atoms with Gasteiger partial charge in [-0.25, -0.2) is 0 Å². The Morgan fingerprint density at radius 2 is 2.21 bits per heavy atom. The Balaban J connectivity index is 2.82. The van der Waals surface area contributed by atoms with E-state index >= 15 is 0 Å². The first-order valence-corrected chi connectivity index (χ1v) is 5.73. The first-order valence-electron chi connectivity index (χ1n) is 4.22. The van der Waals surface area contributed by atoms with Crippen molar-refractivity contribution < 1.29 is 4.79 Å². The summed E-state index contributed by atoms with van der Waals surface area (Å²) in [7, 11) is 0. The fraction of sp³-hybridized carbons (Fsp3) is 0.300. The Morgan fingerprint density at radius 3 is 2.71 bits per heavy atom. The normalized spacial score (nSPS) is 12.3. The van der Waals surface area contributed by atoms with Gasteiger partial charge in [-0.2, -0.15) is 0 Å². The van der Waals surface area contributed by atoms with E-state index in [9.17, 15) is 4.79 Å². The van der Waals surface area contributed by atoms with Crippen molar-refractivity contribution in [2.24, 2.45) is 0 Å². The Bertz CT molecular complexity index is 352. The highest BCUT2D eigenvalue weighted by atomic mass is 127. The number of carbonyl (C=O) groups is 1. The summed E-state index contributed by atoms with van der Waals surface area (Å²) < 4.78 is 1.02. The number of aryl methyl sites for hydroxylation is 1. The van der Waals surface area contributed by atoms with Crippen LogP contribution in [0.5, 0.6) is 0 Å². The predicted octanol–water partition coefficient (Wildman–Crippen LogP) is 3.17. The van der Waals surface area contributed by atoms with Crippen molar-refractivity contribution in [3.05, 3.63) is 27.3 Å². The third kappa shape index (κ3) is 3.13. The van der Waals surface area contributed by atoms with E-state index in [4.69, 9.17) is 11.6 Å². The third-order valence-electron chi connectivity index (χ3n) is 1.74. The van der Waals surface area contributed by atoms with E-state index in [1.165, 1.54) is 5.56 Å². The zero-order chi connectivity index (χ0) is 10.7. The van der Waals surface area contributed by atoms with Crippen LogP contribution in [0.4, 0.5) is 5.69 Å². The van der Waals surface area contributed by atoms with E-state index in [1.807, 2.05) is 25.1 Å². The predicted molar refractivity (Wildman–Crippen MR) is 67.8 cm³/mol. The molecule has 0 saturated heterocycles. The van der Waals surface area contributed by atoms with Crippen molar-refractivity contribution in [3.8, 4) is 0 Å². The Kier molecular flexibility index (Phi) is 4.19. The molecule has 76 valence electrons. The number of halogens is 2. The summed E-state index contributed by atoms with van der Waals surface area (Å²) in [4.78, 5) is 11.3. The summed E-state index contributed by atoms with van der Waals surface area (Å²) in [5.41, 5.74) is 1.99. The topological polar surface area (TPSA) is 29.1 Å². The standard InChI is InChI=1S/C10H11ClINO/c1-6-3-4-9(8(12)5-6)13-10(14)7(2)11/h3-5,7H,1-2H3,(H,13,14). The quantitative estimate of drug-likeness (QED) is 0.657. The molecule has 0 aliphatic heterocycles. The minimum absolute atomic E-state index is 0.173. The number of nitrogens with one attached hydrogen (secondary N) is 1. The summed E-state index contributed by atoms with van der Waals surface area (Å²) in [6, 6.07) is 5.85. The van der Waals surface area contributed by atoms with Crippen molar-refractivity contribution >= 4 is 45.8 Å². The van der Waals surface area contributed by atoms with Gasteiger partial charge in [0.2, 0.25) is 5.91 Å². The second kappa shape index (κ2) is 4.98. The van der Waals surface area contributed by atoms with E-state index in [1.54, 1.807) is 6.92 Å². The molecule has 0 spiro atoms. The van der Waals surface area contributed by atoms with Crippen LogP contribution in [0.15, 0.2) is 18.2 Å². The van der Waals surface area contributed by atoms with Crippen molar-refractivity contribution in [3.63, 3.8) is 0 Å². The number of carbonyl (C=O) groups excluding carboxylic acids is 1. The lowest BCUT2D eigenvalue weighted by molar-refractivity contribution is -0.115. The molecule has 0 heterocycles. The molecule has 0 aliphatic carbocycles. The van der Waals surface area contributed by atoms with Gasteiger partial charge in [-0.15, -0.1) is 11.6 Å². The molecule has 4 heteroatoms. The average Bonchev–Trinajstić information content (AvgIpc) is 2.09. The largest absolute Gasteiger partial charge is 0.324 e. The minimum atomic E-state index is -0.507. The average molecular weight is 324 g/mol. The molecule has 14 heavy (non-hydrogen) atoms. The van der Waals surface area contributed by atoms with Gasteiger partial charge in [0.15, 0.2) is 0 Å². The maximum absolute atomic E-state index is 11.3. The van der Waals surface area contributed by atoms with Crippen LogP contribution in [-0.4, -0.2) is 11.3 Å². The van der Waals surface area contributed by atoms with E-state index in [-0.39, 0.29) is 5.91 Å². The van der Waals surface area contributed by atoms with Gasteiger partial charge in [0.1, 0.15) is 5.38 Å². The zero-order valence-corrected chi connectivity index (χ0v) is 10.9. The fourth-order valence-electron chi connectivity index (χ4n) is 0.954. The second-order valence-electron chi connectivity index (χ2n) is 3.09. The molecule has 1 atom stereocenters. The maximum atomic E-state index is 11.3. The van der Waals surface area contributed by atoms with Crippen molar-refractivity contribution in [2.45, 2.75) is 19.2 Å². The molecule has 1 unspecified atom stereocenters. The van der Waals surface area contributed by atoms with Crippen LogP contribution in [0.25, 0.3) is 0 Å². The Morgan fingerprint density at radius 1 is 1.57 bits per heavy atom. The van der Waals surface area contributed by atoms with Gasteiger partial charge in [-0.05, 0) is 54.1 Å². The summed E-state index contributed by atoms with van der Waals surface area (Å²) in [6.07, 6.45) is 0. The highest BCUT2D eigenvalue weighted by Gasteiger charge is 2.10. The number of anilines is 1. The first-order chi connectivity index (χ1) is 6.50. The molecule has 1 rings (SSSR count). The molecule has 1 aromatic rings. The number of hydrogen-bond acceptors (Lipinski definition) is 1. The van der Waals surface area contributed by atoms with Crippen LogP contribution < -0.4 is 5.32 Å². The summed E-state index contributed by atoms with van der Waals surface area (Å²) >= 11 is 7.83. The van der Waals surface area contributed by atoms with Gasteiger partial charge in [-0.1, -0.05) is 6.07 Å². The molecular formula is C10H11ClINO. The van der Waals surface area contributed by atoms with E-state index < -0.39 is 5.38 Å². The van der Waals surface area contributed by atoms with Gasteiger partial charge in [0.25, 0.3) is 0 Å². The van der Waals surface area contributed by atoms with E-state index in [2.05, 4.69) is 27.9 Å². The molecule has 1 aromatic carbocycles. The van der Waals surface area contributed by atoms with E-state index in [0.29, 0.717) is 0 Å². The Hall–Kier alpha value is -0.290. The smallest absolute Gasteiger partial charge is 0.242 e. The Labute approximate surface area is 102 Å². The molecule has 1 amide bonds. The van der Waals surface area contributed by atoms with Crippen molar-refractivity contribution in [1.29, 1.82) is 0 Å². The molecule has 2 nitrogen and oxygen atoms in total. The first kappa shape index (κ1) is 11.8. The molecule has 0 bridgehead atoms. The SMILES string of the molecule is Cc1ccc(NC(=O)C(C)Cl)c(I)c1. The third-order valence-corrected chi connectivity index (χ3v) is 2.83. The van der Waals surface area contributed by atoms with Crippen LogP contribution in [0.1, 0.15) is 12.5 Å². The minimum Gasteiger partial charge on any atom is -0.324 e. The fourth-order valence-corrected chi connectivity index (χ4v) is 1.81. The van der Waals surface area contributed by atoms with Crippen molar-refractivity contribution in [1.82, 2.24) is 0 Å². The highest BCUT2D eigenvalue weighted by Crippen LogP contribution is 2.19. The molecule has 0 aliphatic rings. The number of rotatable bonds is 2. The maximum Gasteiger partial charge on any atom is 0.242 e. The van der Waals surface area contributed by atoms with Crippen LogP contribution in [0.3, 0.4) is 0 Å². The lowest BCUT2D eigenvalue weighted by Gasteiger charge is -2.08. The molecule has 0 aromatic heterocycles. The monoisotopic (exact) mass is 323 g/mol. The molecule has 0 fully saturated rings. The molecule has 0 saturated carbocycles.